The molecule has 43 heavy (non-hydrogen) atoms. The van der Waals surface area contributed by atoms with E-state index in [2.05, 4.69) is 20.9 Å². The van der Waals surface area contributed by atoms with Crippen molar-refractivity contribution in [2.45, 2.75) is 98.1 Å². The number of amides is 4. The van der Waals surface area contributed by atoms with E-state index in [9.17, 15) is 24.3 Å². The van der Waals surface area contributed by atoms with Gasteiger partial charge in [0.15, 0.2) is 0 Å². The van der Waals surface area contributed by atoms with Gasteiger partial charge in [0.25, 0.3) is 0 Å². The molecule has 0 spiro atoms. The van der Waals surface area contributed by atoms with Gasteiger partial charge >= 0.3 is 6.09 Å². The number of aryl methyl sites for hydroxylation is 1. The van der Waals surface area contributed by atoms with Crippen LogP contribution in [0.3, 0.4) is 0 Å². The predicted octanol–water partition coefficient (Wildman–Crippen LogP) is 3.70. The lowest BCUT2D eigenvalue weighted by molar-refractivity contribution is -0.144. The largest absolute Gasteiger partial charge is 0.444 e. The summed E-state index contributed by atoms with van der Waals surface area (Å²) in [5.41, 5.74) is 3.37. The highest BCUT2D eigenvalue weighted by atomic mass is 32.1. The summed E-state index contributed by atoms with van der Waals surface area (Å²) in [7, 11) is 0. The smallest absolute Gasteiger partial charge is 0.407 e. The van der Waals surface area contributed by atoms with Gasteiger partial charge in [0.05, 0.1) is 28.2 Å². The van der Waals surface area contributed by atoms with Crippen LogP contribution in [0.2, 0.25) is 0 Å². The van der Waals surface area contributed by atoms with Crippen molar-refractivity contribution >= 4 is 35.2 Å². The number of benzene rings is 1. The van der Waals surface area contributed by atoms with E-state index in [1.54, 1.807) is 32.1 Å². The number of rotatable bonds is 9. The molecule has 236 valence electrons. The molecule has 4 atom stereocenters. The average Bonchev–Trinajstić information content (AvgIpc) is 3.50. The molecule has 4 amide bonds. The molecule has 0 radical (unpaired) electrons. The van der Waals surface area contributed by atoms with Gasteiger partial charge in [0.2, 0.25) is 17.7 Å². The Labute approximate surface area is 257 Å². The van der Waals surface area contributed by atoms with Crippen LogP contribution < -0.4 is 16.0 Å². The van der Waals surface area contributed by atoms with Crippen LogP contribution in [-0.4, -0.2) is 75.7 Å². The molecule has 1 aliphatic rings. The summed E-state index contributed by atoms with van der Waals surface area (Å²) in [6.07, 6.45) is -1.47. The molecule has 1 aromatic carbocycles. The molecule has 0 saturated carbocycles. The molecule has 0 unspecified atom stereocenters. The first-order chi connectivity index (χ1) is 20.0. The fourth-order valence-corrected chi connectivity index (χ4v) is 5.65. The monoisotopic (exact) mass is 615 g/mol. The number of alkyl carbamates (subject to hydrolysis) is 1. The second kappa shape index (κ2) is 13.9. The van der Waals surface area contributed by atoms with Crippen LogP contribution in [0.15, 0.2) is 29.8 Å². The Kier molecular flexibility index (Phi) is 10.9. The Morgan fingerprint density at radius 1 is 1.09 bits per heavy atom. The fourth-order valence-electron chi connectivity index (χ4n) is 4.84. The number of carbonyl (C=O) groups is 4. The van der Waals surface area contributed by atoms with Crippen LogP contribution >= 0.6 is 11.3 Å². The number of hydrogen-bond acceptors (Lipinski definition) is 8. The number of hydrogen-bond donors (Lipinski definition) is 4. The van der Waals surface area contributed by atoms with Crippen LogP contribution in [0.5, 0.6) is 0 Å². The van der Waals surface area contributed by atoms with E-state index >= 15 is 0 Å². The second-order valence-corrected chi connectivity index (χ2v) is 13.9. The third-order valence-electron chi connectivity index (χ3n) is 7.08. The molecule has 1 fully saturated rings. The van der Waals surface area contributed by atoms with Crippen LogP contribution in [-0.2, 0) is 19.1 Å². The zero-order chi connectivity index (χ0) is 32.1. The lowest BCUT2D eigenvalue weighted by Crippen LogP contribution is -2.58. The van der Waals surface area contributed by atoms with Crippen molar-refractivity contribution in [3.63, 3.8) is 0 Å². The topological polar surface area (TPSA) is 150 Å². The number of aliphatic hydroxyl groups is 1. The van der Waals surface area contributed by atoms with Gasteiger partial charge in [-0.05, 0) is 51.2 Å². The molecule has 2 heterocycles. The van der Waals surface area contributed by atoms with E-state index in [1.807, 2.05) is 64.4 Å². The zero-order valence-electron chi connectivity index (χ0n) is 26.3. The third-order valence-corrected chi connectivity index (χ3v) is 8.06. The number of nitrogens with zero attached hydrogens (tertiary/aromatic N) is 2. The minimum absolute atomic E-state index is 0.0170. The van der Waals surface area contributed by atoms with E-state index in [0.717, 1.165) is 21.7 Å². The lowest BCUT2D eigenvalue weighted by Gasteiger charge is -2.35. The molecule has 1 saturated heterocycles. The second-order valence-electron chi connectivity index (χ2n) is 13.1. The van der Waals surface area contributed by atoms with Gasteiger partial charge in [-0.25, -0.2) is 9.78 Å². The standard InChI is InChI=1S/C31H45N5O6S/c1-18(20-9-11-21(12-10-20)25-19(2)33-17-43-25)34-27(39)23-15-22(37)16-36(23)28(40)26(30(3,4)5)35-24(38)13-14-32-29(41)42-31(6,7)8/h9-12,17-18,22-23,26,37H,13-16H2,1-8H3,(H,32,41)(H,34,39)(H,35,38)/t18-,22+,23-,26+/m0/s1. The number of ether oxygens (including phenoxy) is 1. The number of aromatic nitrogens is 1. The number of β-amino-alcohol motifs (C(OH)–C–C–N with tert-alkyl or cyclic N) is 1. The summed E-state index contributed by atoms with van der Waals surface area (Å²) < 4.78 is 5.18. The fraction of sp³-hybridized carbons (Fsp3) is 0.581. The number of aliphatic hydroxyl groups excluding tert-OH is 1. The summed E-state index contributed by atoms with van der Waals surface area (Å²) in [5.74, 6) is -1.26. The van der Waals surface area contributed by atoms with Gasteiger partial charge in [-0.1, -0.05) is 45.0 Å². The van der Waals surface area contributed by atoms with Crippen molar-refractivity contribution < 1.29 is 29.0 Å². The van der Waals surface area contributed by atoms with Gasteiger partial charge in [0, 0.05) is 25.9 Å². The zero-order valence-corrected chi connectivity index (χ0v) is 27.1. The van der Waals surface area contributed by atoms with Crippen molar-refractivity contribution in [2.24, 2.45) is 5.41 Å². The summed E-state index contributed by atoms with van der Waals surface area (Å²) in [6.45, 7) is 14.5. The lowest BCUT2D eigenvalue weighted by atomic mass is 9.85. The molecule has 12 heteroatoms. The highest BCUT2D eigenvalue weighted by Crippen LogP contribution is 2.29. The van der Waals surface area contributed by atoms with Crippen molar-refractivity contribution in [3.05, 3.63) is 41.0 Å². The molecule has 0 aliphatic carbocycles. The third kappa shape index (κ3) is 9.49. The molecule has 4 N–H and O–H groups in total. The van der Waals surface area contributed by atoms with Crippen LogP contribution in [0.4, 0.5) is 4.79 Å². The highest BCUT2D eigenvalue weighted by molar-refractivity contribution is 7.13. The normalized spacial score (nSPS) is 18.5. The minimum atomic E-state index is -0.956. The van der Waals surface area contributed by atoms with Crippen LogP contribution in [0.25, 0.3) is 10.4 Å². The first-order valence-corrected chi connectivity index (χ1v) is 15.4. The van der Waals surface area contributed by atoms with E-state index in [4.69, 9.17) is 4.74 Å². The Balaban J connectivity index is 1.64. The Morgan fingerprint density at radius 3 is 2.30 bits per heavy atom. The summed E-state index contributed by atoms with van der Waals surface area (Å²) in [5, 5.41) is 18.8. The number of thiazole rings is 1. The first kappa shape index (κ1) is 34.0. The molecule has 11 nitrogen and oxygen atoms in total. The van der Waals surface area contributed by atoms with E-state index in [-0.39, 0.29) is 37.9 Å². The van der Waals surface area contributed by atoms with E-state index in [1.165, 1.54) is 4.90 Å². The maximum Gasteiger partial charge on any atom is 0.407 e. The number of carbonyl (C=O) groups excluding carboxylic acids is 4. The molecular weight excluding hydrogens is 570 g/mol. The molecule has 2 aromatic rings. The van der Waals surface area contributed by atoms with Gasteiger partial charge in [-0.2, -0.15) is 0 Å². The Bertz CT molecular complexity index is 1300. The van der Waals surface area contributed by atoms with Gasteiger partial charge < -0.3 is 30.7 Å². The molecule has 0 bridgehead atoms. The minimum Gasteiger partial charge on any atom is -0.444 e. The van der Waals surface area contributed by atoms with E-state index < -0.39 is 47.1 Å². The van der Waals surface area contributed by atoms with Crippen molar-refractivity contribution in [1.82, 2.24) is 25.8 Å². The van der Waals surface area contributed by atoms with Gasteiger partial charge in [0.1, 0.15) is 17.7 Å². The predicted molar refractivity (Wildman–Crippen MR) is 165 cm³/mol. The first-order valence-electron chi connectivity index (χ1n) is 14.5. The number of nitrogens with one attached hydrogen (secondary N) is 3. The summed E-state index contributed by atoms with van der Waals surface area (Å²) in [6, 6.07) is 5.71. The number of likely N-dealkylation sites (tertiary alicyclic amines) is 1. The van der Waals surface area contributed by atoms with Crippen LogP contribution in [0.1, 0.15) is 78.6 Å². The molecule has 1 aliphatic heterocycles. The Morgan fingerprint density at radius 2 is 1.74 bits per heavy atom. The average molecular weight is 616 g/mol. The molecular formula is C31H45N5O6S. The maximum atomic E-state index is 13.8. The SMILES string of the molecule is Cc1ncsc1-c1ccc([C@H](C)NC(=O)[C@@H]2C[C@@H](O)CN2C(=O)[C@@H](NC(=O)CCNC(=O)OC(C)(C)C)C(C)(C)C)cc1. The van der Waals surface area contributed by atoms with Crippen molar-refractivity contribution in [3.8, 4) is 10.4 Å². The maximum absolute atomic E-state index is 13.8. The van der Waals surface area contributed by atoms with Crippen LogP contribution in [0, 0.1) is 12.3 Å². The van der Waals surface area contributed by atoms with Gasteiger partial charge in [-0.3, -0.25) is 14.4 Å². The van der Waals surface area contributed by atoms with Crippen molar-refractivity contribution in [2.75, 3.05) is 13.1 Å². The summed E-state index contributed by atoms with van der Waals surface area (Å²) in [4.78, 5) is 58.6. The highest BCUT2D eigenvalue weighted by Gasteiger charge is 2.44. The summed E-state index contributed by atoms with van der Waals surface area (Å²) >= 11 is 1.57. The molecule has 1 aromatic heterocycles. The van der Waals surface area contributed by atoms with Gasteiger partial charge in [-0.15, -0.1) is 11.3 Å². The Hall–Kier alpha value is -3.51. The van der Waals surface area contributed by atoms with E-state index in [0.29, 0.717) is 0 Å². The quantitative estimate of drug-likeness (QED) is 0.336. The molecule has 3 rings (SSSR count). The van der Waals surface area contributed by atoms with Crippen molar-refractivity contribution in [1.29, 1.82) is 0 Å².